The molecule has 1 rings (SSSR count). The highest BCUT2D eigenvalue weighted by Crippen LogP contribution is 2.30. The molecule has 96 valence electrons. The van der Waals surface area contributed by atoms with Crippen LogP contribution >= 0.6 is 0 Å². The Morgan fingerprint density at radius 3 is 2.65 bits per heavy atom. The Labute approximate surface area is 98.6 Å². The lowest BCUT2D eigenvalue weighted by atomic mass is 10.0. The first-order chi connectivity index (χ1) is 7.95. The fourth-order valence-electron chi connectivity index (χ4n) is 1.40. The Balaban J connectivity index is 2.71. The fraction of sp³-hybridized carbons (Fsp3) is 0.500. The molecule has 17 heavy (non-hydrogen) atoms. The van der Waals surface area contributed by atoms with Gasteiger partial charge in [-0.3, -0.25) is 0 Å². The molecule has 5 heteroatoms. The van der Waals surface area contributed by atoms with Crippen LogP contribution in [0.15, 0.2) is 24.3 Å². The lowest BCUT2D eigenvalue weighted by Gasteiger charge is -2.14. The molecule has 0 aliphatic rings. The van der Waals surface area contributed by atoms with Gasteiger partial charge in [0.25, 0.3) is 0 Å². The molecular weight excluding hydrogens is 231 g/mol. The molecule has 0 aliphatic carbocycles. The highest BCUT2D eigenvalue weighted by Gasteiger charge is 2.30. The highest BCUT2D eigenvalue weighted by molar-refractivity contribution is 5.27. The number of hydrogen-bond donors (Lipinski definition) is 1. The fourth-order valence-corrected chi connectivity index (χ4v) is 1.40. The summed E-state index contributed by atoms with van der Waals surface area (Å²) in [6.45, 7) is 2.75. The zero-order chi connectivity index (χ0) is 12.9. The summed E-state index contributed by atoms with van der Waals surface area (Å²) >= 11 is 0. The van der Waals surface area contributed by atoms with Crippen LogP contribution in [0.25, 0.3) is 0 Å². The first kappa shape index (κ1) is 14.0. The van der Waals surface area contributed by atoms with E-state index in [0.717, 1.165) is 18.6 Å². The number of hydrogen-bond acceptors (Lipinski definition) is 2. The van der Waals surface area contributed by atoms with Crippen LogP contribution in [0, 0.1) is 0 Å². The normalized spacial score (nSPS) is 13.7. The van der Waals surface area contributed by atoms with Gasteiger partial charge in [0, 0.05) is 6.61 Å². The van der Waals surface area contributed by atoms with Crippen molar-refractivity contribution >= 4 is 0 Å². The van der Waals surface area contributed by atoms with Gasteiger partial charge in [0.1, 0.15) is 0 Å². The summed E-state index contributed by atoms with van der Waals surface area (Å²) in [4.78, 5) is 0. The Morgan fingerprint density at radius 2 is 2.06 bits per heavy atom. The van der Waals surface area contributed by atoms with Crippen LogP contribution in [0.3, 0.4) is 0 Å². The minimum absolute atomic E-state index is 0.231. The van der Waals surface area contributed by atoms with Crippen molar-refractivity contribution in [2.45, 2.75) is 25.6 Å². The monoisotopic (exact) mass is 247 g/mol. The van der Waals surface area contributed by atoms with Crippen molar-refractivity contribution in [3.63, 3.8) is 0 Å². The van der Waals surface area contributed by atoms with Gasteiger partial charge in [-0.25, -0.2) is 0 Å². The van der Waals surface area contributed by atoms with Crippen LogP contribution in [0.1, 0.15) is 30.5 Å². The molecule has 2 nitrogen and oxygen atoms in total. The average molecular weight is 247 g/mol. The highest BCUT2D eigenvalue weighted by atomic mass is 19.4. The SMILES string of the molecule is CCCOCC(N)c1cccc(C(F)(F)F)c1. The summed E-state index contributed by atoms with van der Waals surface area (Å²) in [7, 11) is 0. The molecule has 0 saturated heterocycles. The molecule has 0 amide bonds. The van der Waals surface area contributed by atoms with Gasteiger partial charge in [-0.2, -0.15) is 13.2 Å². The third kappa shape index (κ3) is 4.36. The molecule has 0 fully saturated rings. The second-order valence-corrected chi connectivity index (χ2v) is 3.80. The van der Waals surface area contributed by atoms with Gasteiger partial charge < -0.3 is 10.5 Å². The van der Waals surface area contributed by atoms with Crippen LogP contribution in [0.4, 0.5) is 13.2 Å². The van der Waals surface area contributed by atoms with Gasteiger partial charge in [-0.05, 0) is 24.1 Å². The first-order valence-electron chi connectivity index (χ1n) is 5.45. The zero-order valence-corrected chi connectivity index (χ0v) is 9.63. The van der Waals surface area contributed by atoms with Crippen molar-refractivity contribution in [3.05, 3.63) is 35.4 Å². The molecule has 0 aliphatic heterocycles. The summed E-state index contributed by atoms with van der Waals surface area (Å²) in [5.41, 5.74) is 5.52. The van der Waals surface area contributed by atoms with Crippen molar-refractivity contribution in [1.29, 1.82) is 0 Å². The molecular formula is C12H16F3NO. The van der Waals surface area contributed by atoms with E-state index in [9.17, 15) is 13.2 Å². The second kappa shape index (κ2) is 6.02. The summed E-state index contributed by atoms with van der Waals surface area (Å²) in [5.74, 6) is 0. The van der Waals surface area contributed by atoms with Gasteiger partial charge in [0.05, 0.1) is 18.2 Å². The van der Waals surface area contributed by atoms with E-state index >= 15 is 0 Å². The van der Waals surface area contributed by atoms with E-state index in [1.165, 1.54) is 6.07 Å². The molecule has 1 aromatic carbocycles. The lowest BCUT2D eigenvalue weighted by Crippen LogP contribution is -2.18. The van der Waals surface area contributed by atoms with E-state index < -0.39 is 17.8 Å². The van der Waals surface area contributed by atoms with E-state index in [1.54, 1.807) is 6.07 Å². The third-order valence-electron chi connectivity index (χ3n) is 2.29. The Hall–Kier alpha value is -1.07. The Bertz CT molecular complexity index is 352. The standard InChI is InChI=1S/C12H16F3NO/c1-2-6-17-8-11(16)9-4-3-5-10(7-9)12(13,14)15/h3-5,7,11H,2,6,8,16H2,1H3. The van der Waals surface area contributed by atoms with Crippen molar-refractivity contribution in [1.82, 2.24) is 0 Å². The minimum Gasteiger partial charge on any atom is -0.379 e. The quantitative estimate of drug-likeness (QED) is 0.811. The van der Waals surface area contributed by atoms with E-state index in [4.69, 9.17) is 10.5 Å². The van der Waals surface area contributed by atoms with Crippen LogP contribution in [-0.2, 0) is 10.9 Å². The molecule has 1 aromatic rings. The molecule has 2 N–H and O–H groups in total. The topological polar surface area (TPSA) is 35.2 Å². The molecule has 0 heterocycles. The van der Waals surface area contributed by atoms with Crippen LogP contribution in [0.5, 0.6) is 0 Å². The first-order valence-corrected chi connectivity index (χ1v) is 5.45. The average Bonchev–Trinajstić information content (AvgIpc) is 2.28. The van der Waals surface area contributed by atoms with Gasteiger partial charge in [-0.1, -0.05) is 19.1 Å². The summed E-state index contributed by atoms with van der Waals surface area (Å²) in [5, 5.41) is 0. The Morgan fingerprint density at radius 1 is 1.35 bits per heavy atom. The molecule has 0 aromatic heterocycles. The van der Waals surface area contributed by atoms with E-state index in [-0.39, 0.29) is 6.61 Å². The maximum Gasteiger partial charge on any atom is 0.416 e. The summed E-state index contributed by atoms with van der Waals surface area (Å²) in [6.07, 6.45) is -3.48. The van der Waals surface area contributed by atoms with E-state index in [0.29, 0.717) is 12.2 Å². The van der Waals surface area contributed by atoms with Crippen molar-refractivity contribution < 1.29 is 17.9 Å². The van der Waals surface area contributed by atoms with Crippen molar-refractivity contribution in [2.75, 3.05) is 13.2 Å². The van der Waals surface area contributed by atoms with E-state index in [1.807, 2.05) is 6.92 Å². The van der Waals surface area contributed by atoms with Gasteiger partial charge in [-0.15, -0.1) is 0 Å². The van der Waals surface area contributed by atoms with Crippen LogP contribution in [-0.4, -0.2) is 13.2 Å². The number of halogens is 3. The Kier molecular flexibility index (Phi) is 4.96. The molecule has 0 spiro atoms. The number of nitrogens with two attached hydrogens (primary N) is 1. The van der Waals surface area contributed by atoms with Crippen LogP contribution in [0.2, 0.25) is 0 Å². The van der Waals surface area contributed by atoms with Gasteiger partial charge >= 0.3 is 6.18 Å². The van der Waals surface area contributed by atoms with Gasteiger partial charge in [0.2, 0.25) is 0 Å². The third-order valence-corrected chi connectivity index (χ3v) is 2.29. The molecule has 0 radical (unpaired) electrons. The molecule has 0 saturated carbocycles. The number of rotatable bonds is 5. The molecule has 1 atom stereocenters. The lowest BCUT2D eigenvalue weighted by molar-refractivity contribution is -0.137. The van der Waals surface area contributed by atoms with E-state index in [2.05, 4.69) is 0 Å². The minimum atomic E-state index is -4.33. The van der Waals surface area contributed by atoms with Gasteiger partial charge in [0.15, 0.2) is 0 Å². The van der Waals surface area contributed by atoms with Crippen molar-refractivity contribution in [2.24, 2.45) is 5.73 Å². The molecule has 0 bridgehead atoms. The largest absolute Gasteiger partial charge is 0.416 e. The maximum absolute atomic E-state index is 12.5. The molecule has 1 unspecified atom stereocenters. The predicted octanol–water partition coefficient (Wildman–Crippen LogP) is 3.13. The number of benzene rings is 1. The number of alkyl halides is 3. The van der Waals surface area contributed by atoms with Crippen LogP contribution < -0.4 is 5.73 Å². The predicted molar refractivity (Wildman–Crippen MR) is 59.5 cm³/mol. The summed E-state index contributed by atoms with van der Waals surface area (Å²) in [6, 6.07) is 4.51. The maximum atomic E-state index is 12.5. The number of ether oxygens (including phenoxy) is 1. The van der Waals surface area contributed by atoms with Crippen molar-refractivity contribution in [3.8, 4) is 0 Å². The summed E-state index contributed by atoms with van der Waals surface area (Å²) < 4.78 is 42.6. The zero-order valence-electron chi connectivity index (χ0n) is 9.63. The second-order valence-electron chi connectivity index (χ2n) is 3.80. The smallest absolute Gasteiger partial charge is 0.379 e.